The Kier molecular flexibility index (Phi) is 5.26. The fraction of sp³-hybridized carbons (Fsp3) is 0.0625. The third-order valence-corrected chi connectivity index (χ3v) is 3.01. The molecular formula is C16H15NOS. The zero-order chi connectivity index (χ0) is 13.3. The molecule has 0 aliphatic carbocycles. The van der Waals surface area contributed by atoms with Crippen LogP contribution in [0.25, 0.3) is 12.2 Å². The summed E-state index contributed by atoms with van der Waals surface area (Å²) in [6.45, 7) is 0. The molecule has 0 amide bonds. The van der Waals surface area contributed by atoms with E-state index in [9.17, 15) is 0 Å². The smallest absolute Gasteiger partial charge is 0.160 e. The van der Waals surface area contributed by atoms with E-state index in [1.807, 2.05) is 60.9 Å². The molecule has 2 aromatic rings. The maximum atomic E-state index is 5.12. The number of rotatable bonds is 5. The van der Waals surface area contributed by atoms with Crippen molar-refractivity contribution in [1.82, 2.24) is 5.16 Å². The van der Waals surface area contributed by atoms with E-state index in [0.29, 0.717) is 0 Å². The predicted octanol–water partition coefficient (Wildman–Crippen LogP) is 4.68. The fourth-order valence-corrected chi connectivity index (χ4v) is 1.80. The van der Waals surface area contributed by atoms with Gasteiger partial charge in [0.1, 0.15) is 5.03 Å². The third kappa shape index (κ3) is 4.64. The van der Waals surface area contributed by atoms with Crippen LogP contribution in [-0.4, -0.2) is 11.4 Å². The summed E-state index contributed by atoms with van der Waals surface area (Å²) in [5.74, 6) is 0.765. The highest BCUT2D eigenvalue weighted by Gasteiger charge is 1.97. The second-order valence-corrected chi connectivity index (χ2v) is 4.61. The van der Waals surface area contributed by atoms with Gasteiger partial charge in [0.15, 0.2) is 5.76 Å². The molecule has 1 aromatic heterocycles. The summed E-state index contributed by atoms with van der Waals surface area (Å²) in [7, 11) is 0. The number of benzene rings is 1. The molecule has 0 unspecified atom stereocenters. The van der Waals surface area contributed by atoms with Crippen LogP contribution in [-0.2, 0) is 0 Å². The minimum Gasteiger partial charge on any atom is -0.356 e. The molecule has 0 spiro atoms. The first kappa shape index (κ1) is 13.4. The molecule has 2 nitrogen and oxygen atoms in total. The first-order valence-corrected chi connectivity index (χ1v) is 7.18. The van der Waals surface area contributed by atoms with Crippen LogP contribution in [0.15, 0.2) is 70.3 Å². The highest BCUT2D eigenvalue weighted by molar-refractivity contribution is 7.98. The van der Waals surface area contributed by atoms with Crippen LogP contribution in [0.3, 0.4) is 0 Å². The lowest BCUT2D eigenvalue weighted by Crippen LogP contribution is -1.66. The average molecular weight is 269 g/mol. The van der Waals surface area contributed by atoms with Crippen molar-refractivity contribution < 1.29 is 4.52 Å². The van der Waals surface area contributed by atoms with Gasteiger partial charge in [0, 0.05) is 6.07 Å². The van der Waals surface area contributed by atoms with Gasteiger partial charge in [0.05, 0.1) is 0 Å². The Morgan fingerprint density at radius 3 is 2.42 bits per heavy atom. The van der Waals surface area contributed by atoms with E-state index in [-0.39, 0.29) is 0 Å². The number of allylic oxidation sites excluding steroid dienone is 4. The van der Waals surface area contributed by atoms with E-state index in [0.717, 1.165) is 10.8 Å². The van der Waals surface area contributed by atoms with Crippen molar-refractivity contribution in [2.45, 2.75) is 5.03 Å². The van der Waals surface area contributed by atoms with Gasteiger partial charge in [-0.2, -0.15) is 0 Å². The molecule has 0 fully saturated rings. The van der Waals surface area contributed by atoms with E-state index >= 15 is 0 Å². The summed E-state index contributed by atoms with van der Waals surface area (Å²) in [5, 5.41) is 4.78. The predicted molar refractivity (Wildman–Crippen MR) is 81.9 cm³/mol. The number of thioether (sulfide) groups is 1. The quantitative estimate of drug-likeness (QED) is 0.582. The van der Waals surface area contributed by atoms with Crippen molar-refractivity contribution in [3.63, 3.8) is 0 Å². The van der Waals surface area contributed by atoms with E-state index < -0.39 is 0 Å². The second kappa shape index (κ2) is 7.44. The first-order chi connectivity index (χ1) is 9.38. The summed E-state index contributed by atoms with van der Waals surface area (Å²) >= 11 is 1.57. The Labute approximate surface area is 117 Å². The maximum absolute atomic E-state index is 5.12. The van der Waals surface area contributed by atoms with Crippen molar-refractivity contribution in [2.24, 2.45) is 0 Å². The minimum absolute atomic E-state index is 0.765. The summed E-state index contributed by atoms with van der Waals surface area (Å²) in [5.41, 5.74) is 1.19. The number of aromatic nitrogens is 1. The van der Waals surface area contributed by atoms with Gasteiger partial charge in [-0.15, -0.1) is 11.8 Å². The molecule has 1 heterocycles. The Hall–Kier alpha value is -2.00. The number of hydrogen-bond acceptors (Lipinski definition) is 3. The summed E-state index contributed by atoms with van der Waals surface area (Å²) < 4.78 is 5.12. The second-order valence-electron chi connectivity index (χ2n) is 3.79. The van der Waals surface area contributed by atoms with Gasteiger partial charge in [-0.3, -0.25) is 0 Å². The summed E-state index contributed by atoms with van der Waals surface area (Å²) in [6, 6.07) is 12.1. The molecule has 0 radical (unpaired) electrons. The van der Waals surface area contributed by atoms with Crippen molar-refractivity contribution in [3.05, 3.63) is 72.0 Å². The Balaban J connectivity index is 1.85. The summed E-state index contributed by atoms with van der Waals surface area (Å²) in [6.07, 6.45) is 13.8. The molecule has 2 rings (SSSR count). The molecule has 0 saturated heterocycles. The van der Waals surface area contributed by atoms with E-state index in [1.54, 1.807) is 11.8 Å². The van der Waals surface area contributed by atoms with Crippen LogP contribution in [0.1, 0.15) is 11.3 Å². The van der Waals surface area contributed by atoms with Gasteiger partial charge in [-0.1, -0.05) is 65.9 Å². The fourth-order valence-electron chi connectivity index (χ4n) is 1.46. The Bertz CT molecular complexity index is 582. The van der Waals surface area contributed by atoms with Crippen LogP contribution in [0.4, 0.5) is 0 Å². The number of hydrogen-bond donors (Lipinski definition) is 0. The topological polar surface area (TPSA) is 26.0 Å². The molecule has 0 aliphatic rings. The molecule has 0 saturated carbocycles. The van der Waals surface area contributed by atoms with E-state index in [1.165, 1.54) is 5.56 Å². The standard InChI is InChI=1S/C16H15NOS/c1-19-16-13-15(18-17-16)12-8-3-2-5-9-14-10-6-4-7-11-14/h2-13H,1H3/b3-2+,9-5+,12-8+. The van der Waals surface area contributed by atoms with Crippen LogP contribution in [0.5, 0.6) is 0 Å². The van der Waals surface area contributed by atoms with E-state index in [4.69, 9.17) is 4.52 Å². The first-order valence-electron chi connectivity index (χ1n) is 5.95. The Morgan fingerprint density at radius 1 is 1.00 bits per heavy atom. The zero-order valence-electron chi connectivity index (χ0n) is 10.7. The van der Waals surface area contributed by atoms with Crippen molar-refractivity contribution in [2.75, 3.05) is 6.26 Å². The molecule has 1 aromatic carbocycles. The third-order valence-electron chi connectivity index (χ3n) is 2.40. The number of nitrogens with zero attached hydrogens (tertiary/aromatic N) is 1. The lowest BCUT2D eigenvalue weighted by molar-refractivity contribution is 0.397. The van der Waals surface area contributed by atoms with Gasteiger partial charge < -0.3 is 4.52 Å². The molecule has 3 heteroatoms. The van der Waals surface area contributed by atoms with Gasteiger partial charge in [0.2, 0.25) is 0 Å². The zero-order valence-corrected chi connectivity index (χ0v) is 11.5. The highest BCUT2D eigenvalue weighted by atomic mass is 32.2. The highest BCUT2D eigenvalue weighted by Crippen LogP contribution is 2.14. The van der Waals surface area contributed by atoms with Crippen molar-refractivity contribution >= 4 is 23.9 Å². The molecule has 96 valence electrons. The molecule has 0 aliphatic heterocycles. The van der Waals surface area contributed by atoms with Crippen molar-refractivity contribution in [3.8, 4) is 0 Å². The molecule has 0 atom stereocenters. The summed E-state index contributed by atoms with van der Waals surface area (Å²) in [4.78, 5) is 0. The molecule has 19 heavy (non-hydrogen) atoms. The largest absolute Gasteiger partial charge is 0.356 e. The van der Waals surface area contributed by atoms with Crippen LogP contribution >= 0.6 is 11.8 Å². The lowest BCUT2D eigenvalue weighted by atomic mass is 10.2. The van der Waals surface area contributed by atoms with Gasteiger partial charge in [-0.25, -0.2) is 0 Å². The minimum atomic E-state index is 0.765. The van der Waals surface area contributed by atoms with E-state index in [2.05, 4.69) is 23.4 Å². The average Bonchev–Trinajstić information content (AvgIpc) is 2.92. The molecular weight excluding hydrogens is 254 g/mol. The van der Waals surface area contributed by atoms with Crippen LogP contribution in [0, 0.1) is 0 Å². The normalized spacial score (nSPS) is 12.1. The van der Waals surface area contributed by atoms with Gasteiger partial charge >= 0.3 is 0 Å². The van der Waals surface area contributed by atoms with Crippen LogP contribution in [0.2, 0.25) is 0 Å². The Morgan fingerprint density at radius 2 is 1.74 bits per heavy atom. The van der Waals surface area contributed by atoms with Gasteiger partial charge in [-0.05, 0) is 17.9 Å². The van der Waals surface area contributed by atoms with Crippen LogP contribution < -0.4 is 0 Å². The SMILES string of the molecule is CSc1cc(/C=C/C=C/C=C/c2ccccc2)on1. The molecule has 0 bridgehead atoms. The van der Waals surface area contributed by atoms with Gasteiger partial charge in [0.25, 0.3) is 0 Å². The maximum Gasteiger partial charge on any atom is 0.160 e. The monoisotopic (exact) mass is 269 g/mol. The van der Waals surface area contributed by atoms with Crippen molar-refractivity contribution in [1.29, 1.82) is 0 Å². The lowest BCUT2D eigenvalue weighted by Gasteiger charge is -1.87. The molecule has 0 N–H and O–H groups in total.